The summed E-state index contributed by atoms with van der Waals surface area (Å²) in [5, 5.41) is 11.7. The van der Waals surface area contributed by atoms with Crippen molar-refractivity contribution in [3.05, 3.63) is 29.8 Å². The minimum atomic E-state index is -1.09. The number of amides is 1. The van der Waals surface area contributed by atoms with Crippen LogP contribution in [0.4, 0.5) is 0 Å². The highest BCUT2D eigenvalue weighted by atomic mass is 16.5. The van der Waals surface area contributed by atoms with Gasteiger partial charge in [0.2, 0.25) is 0 Å². The highest BCUT2D eigenvalue weighted by molar-refractivity contribution is 5.84. The lowest BCUT2D eigenvalue weighted by molar-refractivity contribution is -0.143. The second-order valence-electron chi connectivity index (χ2n) is 6.46. The molecule has 0 aromatic heterocycles. The maximum absolute atomic E-state index is 12.0. The fraction of sp³-hybridized carbons (Fsp3) is 0.556. The number of para-hydroxylation sites is 1. The number of aryl methyl sites for hydroxylation is 1. The van der Waals surface area contributed by atoms with Crippen molar-refractivity contribution < 1.29 is 24.2 Å². The van der Waals surface area contributed by atoms with Crippen LogP contribution in [-0.4, -0.2) is 41.8 Å². The Labute approximate surface area is 143 Å². The first-order valence-corrected chi connectivity index (χ1v) is 8.09. The molecule has 0 aliphatic rings. The molecule has 6 heteroatoms. The Balaban J connectivity index is 2.49. The Morgan fingerprint density at radius 3 is 2.50 bits per heavy atom. The Morgan fingerprint density at radius 2 is 1.92 bits per heavy atom. The number of carboxylic acid groups (broad SMARTS) is 1. The summed E-state index contributed by atoms with van der Waals surface area (Å²) in [6.45, 7) is 7.69. The summed E-state index contributed by atoms with van der Waals surface area (Å²) >= 11 is 0. The van der Waals surface area contributed by atoms with Crippen molar-refractivity contribution in [1.29, 1.82) is 0 Å². The summed E-state index contributed by atoms with van der Waals surface area (Å²) in [6.07, 6.45) is 0.990. The molecular weight excluding hydrogens is 310 g/mol. The zero-order valence-corrected chi connectivity index (χ0v) is 14.8. The molecule has 6 nitrogen and oxygen atoms in total. The molecule has 1 unspecified atom stereocenters. The molecule has 1 rings (SSSR count). The van der Waals surface area contributed by atoms with E-state index in [1.807, 2.05) is 45.9 Å². The summed E-state index contributed by atoms with van der Waals surface area (Å²) in [5.74, 6) is -0.919. The molecule has 24 heavy (non-hydrogen) atoms. The average molecular weight is 337 g/mol. The van der Waals surface area contributed by atoms with E-state index in [-0.39, 0.29) is 25.2 Å². The summed E-state index contributed by atoms with van der Waals surface area (Å²) < 4.78 is 11.0. The summed E-state index contributed by atoms with van der Waals surface area (Å²) in [5.41, 5.74) is 0.652. The average Bonchev–Trinajstić information content (AvgIpc) is 2.50. The van der Waals surface area contributed by atoms with E-state index in [1.165, 1.54) is 0 Å². The van der Waals surface area contributed by atoms with Gasteiger partial charge in [-0.15, -0.1) is 0 Å². The van der Waals surface area contributed by atoms with Gasteiger partial charge in [0.25, 0.3) is 5.91 Å². The number of carbonyl (C=O) groups is 2. The number of carbonyl (C=O) groups excluding carboxylic acids is 1. The van der Waals surface area contributed by atoms with Crippen molar-refractivity contribution in [2.24, 2.45) is 0 Å². The molecule has 1 amide bonds. The van der Waals surface area contributed by atoms with Crippen LogP contribution in [0.1, 0.15) is 39.7 Å². The molecule has 0 aliphatic heterocycles. The molecule has 2 N–H and O–H groups in total. The van der Waals surface area contributed by atoms with E-state index in [1.54, 1.807) is 6.07 Å². The fourth-order valence-corrected chi connectivity index (χ4v) is 2.06. The lowest BCUT2D eigenvalue weighted by atomic mass is 10.1. The molecule has 0 radical (unpaired) electrons. The first-order valence-electron chi connectivity index (χ1n) is 8.09. The third-order valence-corrected chi connectivity index (χ3v) is 3.29. The highest BCUT2D eigenvalue weighted by Gasteiger charge is 2.21. The molecule has 1 aromatic carbocycles. The van der Waals surface area contributed by atoms with Crippen LogP contribution in [0.2, 0.25) is 0 Å². The summed E-state index contributed by atoms with van der Waals surface area (Å²) in [6, 6.07) is 6.46. The standard InChI is InChI=1S/C18H27NO5/c1-5-13-8-6-7-9-15(13)23-12-16(20)19-14(17(21)22)10-11-24-18(2,3)4/h6-9,14H,5,10-12H2,1-4H3,(H,19,20)(H,21,22). The molecule has 0 saturated carbocycles. The van der Waals surface area contributed by atoms with E-state index in [9.17, 15) is 14.7 Å². The fourth-order valence-electron chi connectivity index (χ4n) is 2.06. The lowest BCUT2D eigenvalue weighted by Gasteiger charge is -2.21. The minimum Gasteiger partial charge on any atom is -0.483 e. The van der Waals surface area contributed by atoms with Gasteiger partial charge in [0.1, 0.15) is 11.8 Å². The van der Waals surface area contributed by atoms with Crippen molar-refractivity contribution in [3.63, 3.8) is 0 Å². The van der Waals surface area contributed by atoms with Gasteiger partial charge in [-0.2, -0.15) is 0 Å². The van der Waals surface area contributed by atoms with E-state index in [2.05, 4.69) is 5.32 Å². The largest absolute Gasteiger partial charge is 0.483 e. The predicted octanol–water partition coefficient (Wildman–Crippen LogP) is 2.40. The maximum atomic E-state index is 12.0. The molecule has 0 saturated heterocycles. The van der Waals surface area contributed by atoms with Gasteiger partial charge < -0.3 is 19.9 Å². The Morgan fingerprint density at radius 1 is 1.25 bits per heavy atom. The van der Waals surface area contributed by atoms with E-state index < -0.39 is 17.9 Å². The van der Waals surface area contributed by atoms with Crippen LogP contribution in [0.25, 0.3) is 0 Å². The van der Waals surface area contributed by atoms with Gasteiger partial charge in [-0.1, -0.05) is 25.1 Å². The lowest BCUT2D eigenvalue weighted by Crippen LogP contribution is -2.44. The van der Waals surface area contributed by atoms with Gasteiger partial charge in [0.05, 0.1) is 5.60 Å². The maximum Gasteiger partial charge on any atom is 0.326 e. The zero-order valence-electron chi connectivity index (χ0n) is 14.8. The molecule has 134 valence electrons. The van der Waals surface area contributed by atoms with Gasteiger partial charge in [0, 0.05) is 13.0 Å². The normalized spacial score (nSPS) is 12.5. The van der Waals surface area contributed by atoms with E-state index in [0.717, 1.165) is 12.0 Å². The number of benzene rings is 1. The predicted molar refractivity (Wildman–Crippen MR) is 91.2 cm³/mol. The first-order chi connectivity index (χ1) is 11.2. The summed E-state index contributed by atoms with van der Waals surface area (Å²) in [7, 11) is 0. The first kappa shape index (κ1) is 20.0. The molecule has 1 aromatic rings. The van der Waals surface area contributed by atoms with Crippen molar-refractivity contribution >= 4 is 11.9 Å². The van der Waals surface area contributed by atoms with E-state index in [4.69, 9.17) is 9.47 Å². The Bertz CT molecular complexity index is 551. The number of hydrogen-bond donors (Lipinski definition) is 2. The quantitative estimate of drug-likeness (QED) is 0.723. The SMILES string of the molecule is CCc1ccccc1OCC(=O)NC(CCOC(C)(C)C)C(=O)O. The van der Waals surface area contributed by atoms with E-state index >= 15 is 0 Å². The van der Waals surface area contributed by atoms with Gasteiger partial charge in [-0.05, 0) is 38.8 Å². The van der Waals surface area contributed by atoms with Crippen molar-refractivity contribution in [2.45, 2.75) is 52.2 Å². The van der Waals surface area contributed by atoms with E-state index in [0.29, 0.717) is 5.75 Å². The van der Waals surface area contributed by atoms with Crippen LogP contribution in [0, 0.1) is 0 Å². The number of rotatable bonds is 9. The molecular formula is C18H27NO5. The van der Waals surface area contributed by atoms with Crippen molar-refractivity contribution in [2.75, 3.05) is 13.2 Å². The number of nitrogens with one attached hydrogen (secondary N) is 1. The summed E-state index contributed by atoms with van der Waals surface area (Å²) in [4.78, 5) is 23.2. The number of carboxylic acids is 1. The Kier molecular flexibility index (Phi) is 7.71. The third-order valence-electron chi connectivity index (χ3n) is 3.29. The van der Waals surface area contributed by atoms with Gasteiger partial charge >= 0.3 is 5.97 Å². The van der Waals surface area contributed by atoms with Crippen LogP contribution in [0.5, 0.6) is 5.75 Å². The topological polar surface area (TPSA) is 84.9 Å². The smallest absolute Gasteiger partial charge is 0.326 e. The monoisotopic (exact) mass is 337 g/mol. The molecule has 0 heterocycles. The minimum absolute atomic E-state index is 0.198. The van der Waals surface area contributed by atoms with Gasteiger partial charge in [0.15, 0.2) is 6.61 Å². The second kappa shape index (κ2) is 9.27. The van der Waals surface area contributed by atoms with Crippen LogP contribution in [-0.2, 0) is 20.7 Å². The van der Waals surface area contributed by atoms with Crippen LogP contribution in [0.3, 0.4) is 0 Å². The number of ether oxygens (including phenoxy) is 2. The number of aliphatic carboxylic acids is 1. The van der Waals surface area contributed by atoms with Gasteiger partial charge in [-0.25, -0.2) is 4.79 Å². The highest BCUT2D eigenvalue weighted by Crippen LogP contribution is 2.18. The van der Waals surface area contributed by atoms with Crippen LogP contribution >= 0.6 is 0 Å². The van der Waals surface area contributed by atoms with Crippen LogP contribution in [0.15, 0.2) is 24.3 Å². The molecule has 0 bridgehead atoms. The van der Waals surface area contributed by atoms with Gasteiger partial charge in [-0.3, -0.25) is 4.79 Å². The molecule has 0 fully saturated rings. The third kappa shape index (κ3) is 7.46. The molecule has 0 spiro atoms. The number of hydrogen-bond acceptors (Lipinski definition) is 4. The second-order valence-corrected chi connectivity index (χ2v) is 6.46. The van der Waals surface area contributed by atoms with Crippen molar-refractivity contribution in [3.8, 4) is 5.75 Å². The zero-order chi connectivity index (χ0) is 18.2. The Hall–Kier alpha value is -2.08. The molecule has 1 atom stereocenters. The molecule has 0 aliphatic carbocycles. The van der Waals surface area contributed by atoms with Crippen LogP contribution < -0.4 is 10.1 Å². The van der Waals surface area contributed by atoms with Crippen molar-refractivity contribution in [1.82, 2.24) is 5.32 Å².